The lowest BCUT2D eigenvalue weighted by Gasteiger charge is -2.52. The predicted molar refractivity (Wildman–Crippen MR) is 103 cm³/mol. The number of rotatable bonds is 2. The van der Waals surface area contributed by atoms with Gasteiger partial charge in [0.1, 0.15) is 0 Å². The number of aliphatic hydroxyl groups is 1. The molecule has 1 saturated carbocycles. The predicted octanol–water partition coefficient (Wildman–Crippen LogP) is 4.63. The van der Waals surface area contributed by atoms with Crippen molar-refractivity contribution in [1.82, 2.24) is 4.90 Å². The summed E-state index contributed by atoms with van der Waals surface area (Å²) >= 11 is 6.03. The summed E-state index contributed by atoms with van der Waals surface area (Å²) in [6, 6.07) is 17.1. The Bertz CT molecular complexity index is 776. The molecule has 2 fully saturated rings. The van der Waals surface area contributed by atoms with E-state index in [4.69, 9.17) is 11.6 Å². The first-order valence-corrected chi connectivity index (χ1v) is 9.82. The largest absolute Gasteiger partial charge is 0.385 e. The lowest BCUT2D eigenvalue weighted by molar-refractivity contribution is -0.110. The van der Waals surface area contributed by atoms with Crippen LogP contribution in [0, 0.1) is 5.92 Å². The Morgan fingerprint density at radius 1 is 1.04 bits per heavy atom. The Morgan fingerprint density at radius 2 is 1.73 bits per heavy atom. The maximum atomic E-state index is 13.1. The van der Waals surface area contributed by atoms with Crippen molar-refractivity contribution in [1.29, 1.82) is 0 Å². The lowest BCUT2D eigenvalue weighted by atomic mass is 9.66. The summed E-state index contributed by atoms with van der Waals surface area (Å²) in [6.45, 7) is 0.577. The zero-order chi connectivity index (χ0) is 18.1. The van der Waals surface area contributed by atoms with Crippen LogP contribution in [0.1, 0.15) is 48.0 Å². The Hall–Kier alpha value is -1.84. The Balaban J connectivity index is 1.65. The van der Waals surface area contributed by atoms with Gasteiger partial charge in [-0.25, -0.2) is 0 Å². The summed E-state index contributed by atoms with van der Waals surface area (Å²) in [5.41, 5.74) is 0.766. The second kappa shape index (κ2) is 7.05. The monoisotopic (exact) mass is 369 g/mol. The lowest BCUT2D eigenvalue weighted by Crippen LogP contribution is -2.58. The van der Waals surface area contributed by atoms with Gasteiger partial charge in [-0.2, -0.15) is 0 Å². The summed E-state index contributed by atoms with van der Waals surface area (Å²) in [4.78, 5) is 15.1. The first-order chi connectivity index (χ1) is 12.6. The van der Waals surface area contributed by atoms with Crippen LogP contribution < -0.4 is 0 Å². The number of hydrogen-bond donors (Lipinski definition) is 1. The number of benzene rings is 2. The maximum Gasteiger partial charge on any atom is 0.254 e. The number of halogens is 1. The molecule has 1 amide bonds. The third kappa shape index (κ3) is 3.04. The van der Waals surface area contributed by atoms with Crippen molar-refractivity contribution < 1.29 is 9.90 Å². The molecule has 1 heterocycles. The molecular weight excluding hydrogens is 346 g/mol. The van der Waals surface area contributed by atoms with Crippen LogP contribution in [-0.2, 0) is 5.60 Å². The van der Waals surface area contributed by atoms with Gasteiger partial charge in [0, 0.05) is 29.1 Å². The highest BCUT2D eigenvalue weighted by Gasteiger charge is 2.50. The molecule has 26 heavy (non-hydrogen) atoms. The van der Waals surface area contributed by atoms with Crippen LogP contribution >= 0.6 is 11.6 Å². The van der Waals surface area contributed by atoms with Crippen molar-refractivity contribution in [2.24, 2.45) is 5.92 Å². The second-order valence-electron chi connectivity index (χ2n) is 7.50. The van der Waals surface area contributed by atoms with Gasteiger partial charge in [-0.3, -0.25) is 4.79 Å². The quantitative estimate of drug-likeness (QED) is 0.838. The molecule has 1 unspecified atom stereocenters. The molecule has 136 valence electrons. The Morgan fingerprint density at radius 3 is 2.46 bits per heavy atom. The number of amides is 1. The van der Waals surface area contributed by atoms with E-state index in [1.54, 1.807) is 0 Å². The molecule has 0 aromatic heterocycles. The van der Waals surface area contributed by atoms with Gasteiger partial charge in [0.15, 0.2) is 0 Å². The van der Waals surface area contributed by atoms with Gasteiger partial charge < -0.3 is 10.0 Å². The van der Waals surface area contributed by atoms with Crippen LogP contribution in [0.25, 0.3) is 0 Å². The summed E-state index contributed by atoms with van der Waals surface area (Å²) in [6.07, 6.45) is 4.68. The number of hydrogen-bond acceptors (Lipinski definition) is 2. The van der Waals surface area contributed by atoms with Crippen LogP contribution in [0.3, 0.4) is 0 Å². The van der Waals surface area contributed by atoms with Gasteiger partial charge in [-0.15, -0.1) is 0 Å². The molecule has 3 atom stereocenters. The molecule has 1 aliphatic carbocycles. The van der Waals surface area contributed by atoms with Gasteiger partial charge in [0.2, 0.25) is 0 Å². The standard InChI is InChI=1S/C22H24ClNO2/c23-18-12-10-17(11-13-18)22(26)14-15-24(20-9-5-4-8-19(20)22)21(25)16-6-2-1-3-7-16/h1-3,6-7,10-13,19-20,26H,4-5,8-9,14-15H2/t19-,20-,22?/m0/s1. The highest BCUT2D eigenvalue weighted by atomic mass is 35.5. The van der Waals surface area contributed by atoms with Gasteiger partial charge in [-0.1, -0.05) is 54.8 Å². The fourth-order valence-corrected chi connectivity index (χ4v) is 4.91. The van der Waals surface area contributed by atoms with Crippen molar-refractivity contribution >= 4 is 17.5 Å². The van der Waals surface area contributed by atoms with Gasteiger partial charge >= 0.3 is 0 Å². The number of carbonyl (C=O) groups excluding carboxylic acids is 1. The molecule has 4 heteroatoms. The van der Waals surface area contributed by atoms with E-state index in [0.717, 1.165) is 36.8 Å². The normalized spacial score (nSPS) is 28.5. The molecule has 1 N–H and O–H groups in total. The van der Waals surface area contributed by atoms with Crippen LogP contribution in [-0.4, -0.2) is 28.5 Å². The average Bonchev–Trinajstić information content (AvgIpc) is 2.69. The van der Waals surface area contributed by atoms with E-state index >= 15 is 0 Å². The fraction of sp³-hybridized carbons (Fsp3) is 0.409. The molecule has 1 saturated heterocycles. The van der Waals surface area contributed by atoms with E-state index in [-0.39, 0.29) is 17.9 Å². The van der Waals surface area contributed by atoms with Crippen molar-refractivity contribution in [3.05, 3.63) is 70.7 Å². The third-order valence-corrected chi connectivity index (χ3v) is 6.35. The maximum absolute atomic E-state index is 13.1. The minimum Gasteiger partial charge on any atom is -0.385 e. The first kappa shape index (κ1) is 17.6. The SMILES string of the molecule is O=C(c1ccccc1)N1CCC(O)(c2ccc(Cl)cc2)[C@H]2CCCC[C@@H]21. The van der Waals surface area contributed by atoms with E-state index in [1.165, 1.54) is 0 Å². The summed E-state index contributed by atoms with van der Waals surface area (Å²) in [5.74, 6) is 0.152. The number of fused-ring (bicyclic) bond motifs is 1. The molecule has 4 rings (SSSR count). The highest BCUT2D eigenvalue weighted by molar-refractivity contribution is 6.30. The summed E-state index contributed by atoms with van der Waals surface area (Å²) in [5, 5.41) is 12.3. The summed E-state index contributed by atoms with van der Waals surface area (Å²) < 4.78 is 0. The minimum atomic E-state index is -0.886. The van der Waals surface area contributed by atoms with E-state index < -0.39 is 5.60 Å². The number of piperidine rings is 1. The zero-order valence-electron chi connectivity index (χ0n) is 14.8. The van der Waals surface area contributed by atoms with Crippen LogP contribution in [0.4, 0.5) is 0 Å². The van der Waals surface area contributed by atoms with Crippen LogP contribution in [0.15, 0.2) is 54.6 Å². The van der Waals surface area contributed by atoms with Gasteiger partial charge in [0.05, 0.1) is 5.60 Å². The molecule has 3 nitrogen and oxygen atoms in total. The van der Waals surface area contributed by atoms with Gasteiger partial charge in [0.25, 0.3) is 5.91 Å². The molecule has 1 aliphatic heterocycles. The topological polar surface area (TPSA) is 40.5 Å². The van der Waals surface area contributed by atoms with E-state index in [9.17, 15) is 9.90 Å². The van der Waals surface area contributed by atoms with Gasteiger partial charge in [-0.05, 0) is 49.1 Å². The third-order valence-electron chi connectivity index (χ3n) is 6.10. The van der Waals surface area contributed by atoms with Crippen LogP contribution in [0.5, 0.6) is 0 Å². The van der Waals surface area contributed by atoms with Crippen LogP contribution in [0.2, 0.25) is 5.02 Å². The molecule has 0 radical (unpaired) electrons. The molecule has 0 spiro atoms. The first-order valence-electron chi connectivity index (χ1n) is 9.44. The zero-order valence-corrected chi connectivity index (χ0v) is 15.5. The second-order valence-corrected chi connectivity index (χ2v) is 7.94. The van der Waals surface area contributed by atoms with Crippen molar-refractivity contribution in [3.63, 3.8) is 0 Å². The van der Waals surface area contributed by atoms with E-state index in [2.05, 4.69) is 0 Å². The Kier molecular flexibility index (Phi) is 4.76. The minimum absolute atomic E-state index is 0.0684. The Labute approximate surface area is 159 Å². The molecule has 2 aromatic rings. The van der Waals surface area contributed by atoms with Crippen molar-refractivity contribution in [2.45, 2.75) is 43.7 Å². The average molecular weight is 370 g/mol. The molecular formula is C22H24ClNO2. The molecule has 2 aliphatic rings. The van der Waals surface area contributed by atoms with Crippen molar-refractivity contribution in [2.75, 3.05) is 6.54 Å². The highest BCUT2D eigenvalue weighted by Crippen LogP contribution is 2.47. The molecule has 0 bridgehead atoms. The van der Waals surface area contributed by atoms with E-state index in [1.807, 2.05) is 59.5 Å². The smallest absolute Gasteiger partial charge is 0.254 e. The number of carbonyl (C=O) groups is 1. The van der Waals surface area contributed by atoms with Crippen molar-refractivity contribution in [3.8, 4) is 0 Å². The number of likely N-dealkylation sites (tertiary alicyclic amines) is 1. The summed E-state index contributed by atoms with van der Waals surface area (Å²) in [7, 11) is 0. The molecule has 2 aromatic carbocycles. The fourth-order valence-electron chi connectivity index (χ4n) is 4.78. The van der Waals surface area contributed by atoms with E-state index in [0.29, 0.717) is 18.0 Å². The number of nitrogens with zero attached hydrogens (tertiary/aromatic N) is 1.